The molecular weight excluding hydrogens is 314 g/mol. The lowest BCUT2D eigenvalue weighted by Gasteiger charge is -2.23. The van der Waals surface area contributed by atoms with Crippen LogP contribution in [0.5, 0.6) is 0 Å². The molecule has 0 radical (unpaired) electrons. The van der Waals surface area contributed by atoms with Gasteiger partial charge in [0.05, 0.1) is 17.6 Å². The number of hydrogen-bond acceptors (Lipinski definition) is 3. The van der Waals surface area contributed by atoms with Gasteiger partial charge in [-0.15, -0.1) is 0 Å². The van der Waals surface area contributed by atoms with E-state index in [0.29, 0.717) is 6.54 Å². The van der Waals surface area contributed by atoms with E-state index in [9.17, 15) is 9.59 Å². The fraction of sp³-hybridized carbons (Fsp3) is 0.450. The number of aryl methyl sites for hydroxylation is 1. The van der Waals surface area contributed by atoms with Crippen molar-refractivity contribution in [1.29, 1.82) is 0 Å². The van der Waals surface area contributed by atoms with Gasteiger partial charge in [-0.05, 0) is 51.7 Å². The van der Waals surface area contributed by atoms with Crippen LogP contribution in [0.15, 0.2) is 24.3 Å². The number of nitrogens with zero attached hydrogens (tertiary/aromatic N) is 2. The fourth-order valence-corrected chi connectivity index (χ4v) is 3.48. The third-order valence-electron chi connectivity index (χ3n) is 4.59. The van der Waals surface area contributed by atoms with Gasteiger partial charge < -0.3 is 10.2 Å². The van der Waals surface area contributed by atoms with Crippen LogP contribution < -0.4 is 5.32 Å². The van der Waals surface area contributed by atoms with Crippen LogP contribution in [0, 0.1) is 0 Å². The molecule has 1 aliphatic carbocycles. The van der Waals surface area contributed by atoms with E-state index in [-0.39, 0.29) is 24.4 Å². The molecule has 5 heteroatoms. The summed E-state index contributed by atoms with van der Waals surface area (Å²) < 4.78 is 0. The van der Waals surface area contributed by atoms with Crippen LogP contribution in [0.3, 0.4) is 0 Å². The van der Waals surface area contributed by atoms with E-state index in [4.69, 9.17) is 4.98 Å². The maximum absolute atomic E-state index is 13.3. The molecular formula is C20H25N3O2. The summed E-state index contributed by atoms with van der Waals surface area (Å²) in [5.41, 5.74) is 3.68. The molecule has 1 heterocycles. The van der Waals surface area contributed by atoms with E-state index in [2.05, 4.69) is 5.32 Å². The van der Waals surface area contributed by atoms with Gasteiger partial charge in [0.1, 0.15) is 0 Å². The Balaban J connectivity index is 1.99. The molecule has 2 aromatic rings. The first-order valence-electron chi connectivity index (χ1n) is 9.00. The van der Waals surface area contributed by atoms with Gasteiger partial charge in [0, 0.05) is 23.7 Å². The Morgan fingerprint density at radius 1 is 1.24 bits per heavy atom. The summed E-state index contributed by atoms with van der Waals surface area (Å²) in [6.07, 6.45) is 2.82. The molecule has 0 unspecified atom stereocenters. The van der Waals surface area contributed by atoms with Crippen LogP contribution in [0.2, 0.25) is 0 Å². The maximum Gasteiger partial charge on any atom is 0.255 e. The molecule has 0 bridgehead atoms. The van der Waals surface area contributed by atoms with Crippen molar-refractivity contribution in [3.05, 3.63) is 41.1 Å². The third-order valence-corrected chi connectivity index (χ3v) is 4.59. The average molecular weight is 339 g/mol. The molecule has 25 heavy (non-hydrogen) atoms. The van der Waals surface area contributed by atoms with Crippen LogP contribution in [0.25, 0.3) is 10.9 Å². The predicted octanol–water partition coefficient (Wildman–Crippen LogP) is 2.71. The van der Waals surface area contributed by atoms with Crippen molar-refractivity contribution < 1.29 is 9.59 Å². The number of fused-ring (bicyclic) bond motifs is 2. The number of carbonyl (C=O) groups excluding carboxylic acids is 2. The summed E-state index contributed by atoms with van der Waals surface area (Å²) in [6, 6.07) is 7.85. The first kappa shape index (κ1) is 17.4. The quantitative estimate of drug-likeness (QED) is 0.911. The van der Waals surface area contributed by atoms with E-state index in [1.54, 1.807) is 4.90 Å². The molecule has 1 aromatic heterocycles. The number of carbonyl (C=O) groups is 2. The lowest BCUT2D eigenvalue weighted by molar-refractivity contribution is -0.122. The number of amides is 2. The van der Waals surface area contributed by atoms with Crippen molar-refractivity contribution in [2.45, 2.75) is 46.1 Å². The minimum atomic E-state index is -0.125. The number of aromatic nitrogens is 1. The summed E-state index contributed by atoms with van der Waals surface area (Å²) in [6.45, 7) is 6.32. The summed E-state index contributed by atoms with van der Waals surface area (Å²) in [5.74, 6) is -0.196. The minimum Gasteiger partial charge on any atom is -0.352 e. The summed E-state index contributed by atoms with van der Waals surface area (Å²) in [5, 5.41) is 3.74. The van der Waals surface area contributed by atoms with Crippen LogP contribution in [0.1, 0.15) is 48.8 Å². The third kappa shape index (κ3) is 3.50. The van der Waals surface area contributed by atoms with Crippen molar-refractivity contribution in [2.75, 3.05) is 13.1 Å². The van der Waals surface area contributed by atoms with Gasteiger partial charge in [0.15, 0.2) is 0 Å². The fourth-order valence-electron chi connectivity index (χ4n) is 3.48. The van der Waals surface area contributed by atoms with E-state index in [1.165, 1.54) is 0 Å². The molecule has 3 rings (SSSR count). The van der Waals surface area contributed by atoms with Crippen molar-refractivity contribution in [3.8, 4) is 0 Å². The number of para-hydroxylation sites is 1. The number of pyridine rings is 1. The molecule has 1 aromatic carbocycles. The van der Waals surface area contributed by atoms with Gasteiger partial charge in [-0.3, -0.25) is 14.6 Å². The van der Waals surface area contributed by atoms with Crippen LogP contribution in [-0.2, 0) is 17.6 Å². The number of benzene rings is 1. The Hall–Kier alpha value is -2.43. The summed E-state index contributed by atoms with van der Waals surface area (Å²) in [4.78, 5) is 31.8. The predicted molar refractivity (Wildman–Crippen MR) is 98.6 cm³/mol. The van der Waals surface area contributed by atoms with Crippen molar-refractivity contribution in [1.82, 2.24) is 15.2 Å². The summed E-state index contributed by atoms with van der Waals surface area (Å²) >= 11 is 0. The standard InChI is InChI=1S/C20H25N3O2/c1-4-23(12-18(24)21-13(2)3)20(25)19-14-8-5-6-10-16(14)22-17-11-7-9-15(17)19/h5-6,8,10,13H,4,7,9,11-12H2,1-3H3,(H,21,24). The Morgan fingerprint density at radius 3 is 2.72 bits per heavy atom. The number of likely N-dealkylation sites (N-methyl/N-ethyl adjacent to an activating group) is 1. The molecule has 0 atom stereocenters. The van der Waals surface area contributed by atoms with Gasteiger partial charge in [-0.1, -0.05) is 18.2 Å². The molecule has 1 aliphatic rings. The van der Waals surface area contributed by atoms with Crippen molar-refractivity contribution >= 4 is 22.7 Å². The van der Waals surface area contributed by atoms with Crippen LogP contribution in [-0.4, -0.2) is 40.8 Å². The smallest absolute Gasteiger partial charge is 0.255 e. The Bertz CT molecular complexity index is 814. The molecule has 0 fully saturated rings. The van der Waals surface area contributed by atoms with Gasteiger partial charge in [-0.25, -0.2) is 0 Å². The number of rotatable bonds is 5. The Kier molecular flexibility index (Phi) is 5.02. The van der Waals surface area contributed by atoms with E-state index in [1.807, 2.05) is 45.0 Å². The highest BCUT2D eigenvalue weighted by atomic mass is 16.2. The zero-order valence-electron chi connectivity index (χ0n) is 15.1. The number of hydrogen-bond donors (Lipinski definition) is 1. The van der Waals surface area contributed by atoms with Gasteiger partial charge in [0.25, 0.3) is 5.91 Å². The minimum absolute atomic E-state index is 0.0623. The first-order valence-corrected chi connectivity index (χ1v) is 9.00. The largest absolute Gasteiger partial charge is 0.352 e. The van der Waals surface area contributed by atoms with E-state index in [0.717, 1.165) is 47.0 Å². The highest BCUT2D eigenvalue weighted by molar-refractivity contribution is 6.08. The molecule has 0 saturated heterocycles. The summed E-state index contributed by atoms with van der Waals surface area (Å²) in [7, 11) is 0. The van der Waals surface area contributed by atoms with Crippen molar-refractivity contribution in [3.63, 3.8) is 0 Å². The molecule has 132 valence electrons. The second-order valence-electron chi connectivity index (χ2n) is 6.82. The van der Waals surface area contributed by atoms with Gasteiger partial charge >= 0.3 is 0 Å². The molecule has 2 amide bonds. The first-order chi connectivity index (χ1) is 12.0. The monoisotopic (exact) mass is 339 g/mol. The Labute approximate surface area is 148 Å². The topological polar surface area (TPSA) is 62.3 Å². The lowest BCUT2D eigenvalue weighted by Crippen LogP contribution is -2.43. The van der Waals surface area contributed by atoms with Crippen LogP contribution in [0.4, 0.5) is 0 Å². The van der Waals surface area contributed by atoms with Crippen LogP contribution >= 0.6 is 0 Å². The second kappa shape index (κ2) is 7.21. The SMILES string of the molecule is CCN(CC(=O)NC(C)C)C(=O)c1c2c(nc3ccccc13)CCC2. The zero-order valence-corrected chi connectivity index (χ0v) is 15.1. The van der Waals surface area contributed by atoms with E-state index >= 15 is 0 Å². The molecule has 0 saturated carbocycles. The van der Waals surface area contributed by atoms with E-state index < -0.39 is 0 Å². The van der Waals surface area contributed by atoms with Crippen molar-refractivity contribution in [2.24, 2.45) is 0 Å². The van der Waals surface area contributed by atoms with Gasteiger partial charge in [-0.2, -0.15) is 0 Å². The average Bonchev–Trinajstić information content (AvgIpc) is 3.04. The highest BCUT2D eigenvalue weighted by Gasteiger charge is 2.27. The second-order valence-corrected chi connectivity index (χ2v) is 6.82. The maximum atomic E-state index is 13.3. The molecule has 1 N–H and O–H groups in total. The molecule has 0 aliphatic heterocycles. The zero-order chi connectivity index (χ0) is 18.0. The highest BCUT2D eigenvalue weighted by Crippen LogP contribution is 2.30. The lowest BCUT2D eigenvalue weighted by atomic mass is 10.00. The normalized spacial score (nSPS) is 13.1. The number of nitrogens with one attached hydrogen (secondary N) is 1. The Morgan fingerprint density at radius 2 is 2.00 bits per heavy atom. The molecule has 5 nitrogen and oxygen atoms in total. The van der Waals surface area contributed by atoms with Gasteiger partial charge in [0.2, 0.25) is 5.91 Å². The molecule has 0 spiro atoms.